The second-order valence-corrected chi connectivity index (χ2v) is 10.2. The van der Waals surface area contributed by atoms with Crippen molar-refractivity contribution in [2.75, 3.05) is 32.5 Å². The van der Waals surface area contributed by atoms with Gasteiger partial charge in [0.2, 0.25) is 21.1 Å². The van der Waals surface area contributed by atoms with Crippen LogP contribution in [0, 0.1) is 12.8 Å². The maximum Gasteiger partial charge on any atom is 0.246 e. The Hall–Kier alpha value is -1.82. The molecular formula is C18H24ClN5O4S2. The standard InChI is InChI=1S/C18H24ClN5O4S2/c1-12-21-18(23-22-12)29-10-7-20-17(25)13-5-8-24(9-6-13)30(26,27)16-11-14(19)3-4-15(16)28-2/h3-4,11,13H,5-10H2,1-2H3,(H,20,25)(H,21,22,23). The van der Waals surface area contributed by atoms with E-state index in [2.05, 4.69) is 20.5 Å². The highest BCUT2D eigenvalue weighted by Crippen LogP contribution is 2.31. The minimum Gasteiger partial charge on any atom is -0.495 e. The number of rotatable bonds is 8. The molecule has 3 rings (SSSR count). The van der Waals surface area contributed by atoms with Crippen molar-refractivity contribution >= 4 is 39.3 Å². The zero-order valence-corrected chi connectivity index (χ0v) is 19.1. The molecule has 1 aliphatic heterocycles. The maximum atomic E-state index is 13.0. The van der Waals surface area contributed by atoms with Crippen LogP contribution in [0.5, 0.6) is 5.75 Å². The number of thioether (sulfide) groups is 1. The van der Waals surface area contributed by atoms with Crippen molar-refractivity contribution < 1.29 is 17.9 Å². The molecule has 2 heterocycles. The first-order valence-electron chi connectivity index (χ1n) is 9.44. The Balaban J connectivity index is 1.50. The number of benzene rings is 1. The van der Waals surface area contributed by atoms with Crippen molar-refractivity contribution in [1.82, 2.24) is 24.8 Å². The summed E-state index contributed by atoms with van der Waals surface area (Å²) < 4.78 is 32.6. The van der Waals surface area contributed by atoms with Gasteiger partial charge in [0.25, 0.3) is 0 Å². The molecular weight excluding hydrogens is 450 g/mol. The van der Waals surface area contributed by atoms with E-state index >= 15 is 0 Å². The number of ether oxygens (including phenoxy) is 1. The summed E-state index contributed by atoms with van der Waals surface area (Å²) in [4.78, 5) is 16.7. The molecule has 1 saturated heterocycles. The van der Waals surface area contributed by atoms with Crippen LogP contribution in [-0.4, -0.2) is 66.3 Å². The molecule has 0 bridgehead atoms. The number of nitrogens with zero attached hydrogens (tertiary/aromatic N) is 3. The van der Waals surface area contributed by atoms with Gasteiger partial charge in [-0.25, -0.2) is 13.4 Å². The first-order valence-corrected chi connectivity index (χ1v) is 12.2. The zero-order valence-electron chi connectivity index (χ0n) is 16.7. The van der Waals surface area contributed by atoms with Gasteiger partial charge in [-0.1, -0.05) is 23.4 Å². The first-order chi connectivity index (χ1) is 14.3. The van der Waals surface area contributed by atoms with Crippen LogP contribution in [0.2, 0.25) is 5.02 Å². The smallest absolute Gasteiger partial charge is 0.246 e. The van der Waals surface area contributed by atoms with Crippen molar-refractivity contribution in [3.8, 4) is 5.75 Å². The maximum absolute atomic E-state index is 13.0. The highest BCUT2D eigenvalue weighted by Gasteiger charge is 2.33. The summed E-state index contributed by atoms with van der Waals surface area (Å²) in [5.74, 6) is 1.38. The normalized spacial score (nSPS) is 15.8. The molecule has 1 amide bonds. The van der Waals surface area contributed by atoms with E-state index in [1.165, 1.54) is 35.3 Å². The fourth-order valence-electron chi connectivity index (χ4n) is 3.20. The molecule has 1 aromatic carbocycles. The van der Waals surface area contributed by atoms with Crippen LogP contribution in [0.25, 0.3) is 0 Å². The van der Waals surface area contributed by atoms with E-state index in [-0.39, 0.29) is 35.6 Å². The lowest BCUT2D eigenvalue weighted by atomic mass is 9.97. The second-order valence-electron chi connectivity index (χ2n) is 6.82. The number of nitrogens with one attached hydrogen (secondary N) is 2. The van der Waals surface area contributed by atoms with Crippen molar-refractivity contribution in [3.63, 3.8) is 0 Å². The average molecular weight is 474 g/mol. The topological polar surface area (TPSA) is 117 Å². The van der Waals surface area contributed by atoms with Crippen LogP contribution < -0.4 is 10.1 Å². The van der Waals surface area contributed by atoms with E-state index < -0.39 is 10.0 Å². The number of halogens is 1. The van der Waals surface area contributed by atoms with Gasteiger partial charge in [-0.15, -0.1) is 5.10 Å². The second kappa shape index (κ2) is 9.99. The minimum absolute atomic E-state index is 0.0413. The number of methoxy groups -OCH3 is 1. The van der Waals surface area contributed by atoms with Crippen LogP contribution in [-0.2, 0) is 14.8 Å². The Morgan fingerprint density at radius 3 is 2.77 bits per heavy atom. The van der Waals surface area contributed by atoms with Crippen LogP contribution in [0.15, 0.2) is 28.3 Å². The number of amides is 1. The van der Waals surface area contributed by atoms with Gasteiger partial charge in [-0.3, -0.25) is 9.89 Å². The van der Waals surface area contributed by atoms with Gasteiger partial charge in [0, 0.05) is 36.3 Å². The van der Waals surface area contributed by atoms with Gasteiger partial charge < -0.3 is 10.1 Å². The fourth-order valence-corrected chi connectivity index (χ4v) is 5.78. The van der Waals surface area contributed by atoms with Crippen molar-refractivity contribution in [2.45, 2.75) is 29.8 Å². The molecule has 1 aliphatic rings. The lowest BCUT2D eigenvalue weighted by Gasteiger charge is -2.31. The highest BCUT2D eigenvalue weighted by atomic mass is 35.5. The molecule has 0 spiro atoms. The number of hydrogen-bond donors (Lipinski definition) is 2. The number of hydrogen-bond acceptors (Lipinski definition) is 7. The molecule has 12 heteroatoms. The summed E-state index contributed by atoms with van der Waals surface area (Å²) in [6, 6.07) is 4.51. The number of aromatic nitrogens is 3. The third-order valence-corrected chi connectivity index (χ3v) is 7.78. The Morgan fingerprint density at radius 2 is 2.13 bits per heavy atom. The minimum atomic E-state index is -3.75. The van der Waals surface area contributed by atoms with Gasteiger partial charge >= 0.3 is 0 Å². The molecule has 0 radical (unpaired) electrons. The molecule has 1 aromatic heterocycles. The summed E-state index contributed by atoms with van der Waals surface area (Å²) in [5.41, 5.74) is 0. The Labute approximate surface area is 185 Å². The molecule has 164 valence electrons. The molecule has 1 fully saturated rings. The van der Waals surface area contributed by atoms with Gasteiger partial charge in [0.15, 0.2) is 0 Å². The average Bonchev–Trinajstić information content (AvgIpc) is 3.16. The third-order valence-electron chi connectivity index (χ3n) is 4.78. The molecule has 2 aromatic rings. The lowest BCUT2D eigenvalue weighted by molar-refractivity contribution is -0.125. The van der Waals surface area contributed by atoms with Crippen molar-refractivity contribution in [3.05, 3.63) is 29.0 Å². The molecule has 2 N–H and O–H groups in total. The molecule has 0 unspecified atom stereocenters. The van der Waals surface area contributed by atoms with E-state index in [0.29, 0.717) is 35.3 Å². The van der Waals surface area contributed by atoms with E-state index in [9.17, 15) is 13.2 Å². The van der Waals surface area contributed by atoms with E-state index in [1.807, 2.05) is 6.92 Å². The summed E-state index contributed by atoms with van der Waals surface area (Å²) in [5, 5.41) is 10.7. The third kappa shape index (κ3) is 5.45. The highest BCUT2D eigenvalue weighted by molar-refractivity contribution is 7.99. The monoisotopic (exact) mass is 473 g/mol. The predicted octanol–water partition coefficient (Wildman–Crippen LogP) is 2.08. The predicted molar refractivity (Wildman–Crippen MR) is 114 cm³/mol. The molecule has 0 atom stereocenters. The van der Waals surface area contributed by atoms with Crippen molar-refractivity contribution in [2.24, 2.45) is 5.92 Å². The Morgan fingerprint density at radius 1 is 1.40 bits per heavy atom. The number of piperidine rings is 1. The zero-order chi connectivity index (χ0) is 21.7. The van der Waals surface area contributed by atoms with E-state index in [0.717, 1.165) is 5.82 Å². The number of aromatic amines is 1. The Bertz CT molecular complexity index is 990. The van der Waals surface area contributed by atoms with Crippen LogP contribution in [0.3, 0.4) is 0 Å². The van der Waals surface area contributed by atoms with Gasteiger partial charge in [-0.2, -0.15) is 4.31 Å². The quantitative estimate of drug-likeness (QED) is 0.445. The van der Waals surface area contributed by atoms with Crippen LogP contribution in [0.1, 0.15) is 18.7 Å². The van der Waals surface area contributed by atoms with Crippen LogP contribution in [0.4, 0.5) is 0 Å². The summed E-state index contributed by atoms with van der Waals surface area (Å²) >= 11 is 7.44. The number of H-pyrrole nitrogens is 1. The summed E-state index contributed by atoms with van der Waals surface area (Å²) in [6.07, 6.45) is 0.919. The Kier molecular flexibility index (Phi) is 7.61. The SMILES string of the molecule is COc1ccc(Cl)cc1S(=O)(=O)N1CCC(C(=O)NCCSc2n[nH]c(C)n2)CC1. The van der Waals surface area contributed by atoms with Gasteiger partial charge in [0.05, 0.1) is 7.11 Å². The largest absolute Gasteiger partial charge is 0.495 e. The van der Waals surface area contributed by atoms with Gasteiger partial charge in [-0.05, 0) is 38.0 Å². The van der Waals surface area contributed by atoms with Gasteiger partial charge in [0.1, 0.15) is 16.5 Å². The molecule has 0 saturated carbocycles. The number of carbonyl (C=O) groups is 1. The van der Waals surface area contributed by atoms with Crippen molar-refractivity contribution in [1.29, 1.82) is 0 Å². The van der Waals surface area contributed by atoms with E-state index in [1.54, 1.807) is 6.07 Å². The number of aryl methyl sites for hydroxylation is 1. The molecule has 9 nitrogen and oxygen atoms in total. The molecule has 0 aliphatic carbocycles. The number of sulfonamides is 1. The summed E-state index contributed by atoms with van der Waals surface area (Å²) in [7, 11) is -2.34. The van der Waals surface area contributed by atoms with E-state index in [4.69, 9.17) is 16.3 Å². The number of carbonyl (C=O) groups excluding carboxylic acids is 1. The molecule has 30 heavy (non-hydrogen) atoms. The first kappa shape index (κ1) is 22.9. The fraction of sp³-hybridized carbons (Fsp3) is 0.500. The lowest BCUT2D eigenvalue weighted by Crippen LogP contribution is -2.43. The summed E-state index contributed by atoms with van der Waals surface area (Å²) in [6.45, 7) is 2.85. The van der Waals surface area contributed by atoms with Crippen LogP contribution >= 0.6 is 23.4 Å².